The molecule has 4 heteroatoms. The van der Waals surface area contributed by atoms with Crippen LogP contribution < -0.4 is 10.2 Å². The van der Waals surface area contributed by atoms with Crippen LogP contribution in [0.25, 0.3) is 0 Å². The molecule has 3 nitrogen and oxygen atoms in total. The van der Waals surface area contributed by atoms with Crippen LogP contribution in [0.2, 0.25) is 5.02 Å². The summed E-state index contributed by atoms with van der Waals surface area (Å²) in [6.07, 6.45) is 5.14. The predicted octanol–water partition coefficient (Wildman–Crippen LogP) is 3.45. The van der Waals surface area contributed by atoms with E-state index in [0.717, 1.165) is 37.3 Å². The maximum atomic E-state index is 6.24. The summed E-state index contributed by atoms with van der Waals surface area (Å²) in [4.78, 5) is 2.49. The lowest BCUT2D eigenvalue weighted by atomic mass is 9.97. The first-order valence-corrected chi connectivity index (χ1v) is 8.39. The Labute approximate surface area is 132 Å². The molecular weight excluding hydrogens is 284 g/mol. The van der Waals surface area contributed by atoms with Crippen LogP contribution in [0.3, 0.4) is 0 Å². The van der Waals surface area contributed by atoms with Crippen molar-refractivity contribution in [3.8, 4) is 0 Å². The third kappa shape index (κ3) is 4.12. The molecule has 1 saturated heterocycles. The van der Waals surface area contributed by atoms with E-state index in [2.05, 4.69) is 22.3 Å². The zero-order chi connectivity index (χ0) is 14.7. The summed E-state index contributed by atoms with van der Waals surface area (Å²) in [5.74, 6) is 0.631. The van der Waals surface area contributed by atoms with Crippen molar-refractivity contribution >= 4 is 17.3 Å². The van der Waals surface area contributed by atoms with Crippen LogP contribution in [0, 0.1) is 5.92 Å². The molecule has 1 aromatic carbocycles. The lowest BCUT2D eigenvalue weighted by molar-refractivity contribution is 0.143. The highest BCUT2D eigenvalue weighted by Gasteiger charge is 2.24. The molecule has 1 aliphatic carbocycles. The quantitative estimate of drug-likeness (QED) is 0.871. The number of nitrogens with zero attached hydrogens (tertiary/aromatic N) is 1. The second-order valence-corrected chi connectivity index (χ2v) is 6.77. The Morgan fingerprint density at radius 2 is 2.19 bits per heavy atom. The minimum atomic E-state index is 0.631. The van der Waals surface area contributed by atoms with Gasteiger partial charge in [0.05, 0.1) is 6.61 Å². The number of hydrogen-bond acceptors (Lipinski definition) is 3. The molecule has 0 bridgehead atoms. The molecule has 0 aromatic heterocycles. The lowest BCUT2D eigenvalue weighted by Gasteiger charge is -2.35. The van der Waals surface area contributed by atoms with Crippen LogP contribution in [0.4, 0.5) is 5.69 Å². The average molecular weight is 309 g/mol. The van der Waals surface area contributed by atoms with Gasteiger partial charge < -0.3 is 15.0 Å². The minimum Gasteiger partial charge on any atom is -0.384 e. The van der Waals surface area contributed by atoms with Crippen molar-refractivity contribution in [3.05, 3.63) is 28.8 Å². The van der Waals surface area contributed by atoms with Gasteiger partial charge in [0.1, 0.15) is 0 Å². The highest BCUT2D eigenvalue weighted by atomic mass is 35.5. The van der Waals surface area contributed by atoms with E-state index in [1.807, 2.05) is 6.07 Å². The first kappa shape index (κ1) is 15.1. The number of piperidine rings is 1. The highest BCUT2D eigenvalue weighted by Crippen LogP contribution is 2.30. The Hall–Kier alpha value is -0.770. The second kappa shape index (κ2) is 6.99. The van der Waals surface area contributed by atoms with E-state index in [4.69, 9.17) is 16.3 Å². The number of methoxy groups -OCH3 is 1. The standard InChI is InChI=1S/C17H25ClN2O/c1-21-12-13-3-2-8-20(11-13)17-9-15(18)5-4-14(17)10-19-16-6-7-16/h4-5,9,13,16,19H,2-3,6-8,10-12H2,1H3. The second-order valence-electron chi connectivity index (χ2n) is 6.34. The number of nitrogens with one attached hydrogen (secondary N) is 1. The van der Waals surface area contributed by atoms with Gasteiger partial charge in [-0.1, -0.05) is 17.7 Å². The van der Waals surface area contributed by atoms with Crippen molar-refractivity contribution in [2.75, 3.05) is 31.7 Å². The zero-order valence-corrected chi connectivity index (χ0v) is 13.5. The molecule has 1 aliphatic heterocycles. The average Bonchev–Trinajstić information content (AvgIpc) is 3.31. The molecule has 0 radical (unpaired) electrons. The van der Waals surface area contributed by atoms with Crippen molar-refractivity contribution in [3.63, 3.8) is 0 Å². The molecule has 116 valence electrons. The van der Waals surface area contributed by atoms with Gasteiger partial charge in [-0.05, 0) is 49.3 Å². The number of benzene rings is 1. The van der Waals surface area contributed by atoms with Crippen LogP contribution >= 0.6 is 11.6 Å². The number of rotatable bonds is 6. The Morgan fingerprint density at radius 3 is 2.95 bits per heavy atom. The highest BCUT2D eigenvalue weighted by molar-refractivity contribution is 6.30. The Balaban J connectivity index is 1.73. The van der Waals surface area contributed by atoms with Crippen LogP contribution in [0.15, 0.2) is 18.2 Å². The number of anilines is 1. The van der Waals surface area contributed by atoms with Gasteiger partial charge in [0.2, 0.25) is 0 Å². The van der Waals surface area contributed by atoms with E-state index in [-0.39, 0.29) is 0 Å². The molecule has 2 aliphatic rings. The summed E-state index contributed by atoms with van der Waals surface area (Å²) in [5, 5.41) is 4.44. The molecule has 1 heterocycles. The van der Waals surface area contributed by atoms with Gasteiger partial charge in [0, 0.05) is 43.5 Å². The van der Waals surface area contributed by atoms with Crippen molar-refractivity contribution in [2.24, 2.45) is 5.92 Å². The van der Waals surface area contributed by atoms with E-state index in [9.17, 15) is 0 Å². The van der Waals surface area contributed by atoms with Gasteiger partial charge in [-0.25, -0.2) is 0 Å². The summed E-state index contributed by atoms with van der Waals surface area (Å²) in [6.45, 7) is 4.00. The third-order valence-corrected chi connectivity index (χ3v) is 4.70. The van der Waals surface area contributed by atoms with E-state index in [1.165, 1.54) is 36.9 Å². The smallest absolute Gasteiger partial charge is 0.0507 e. The molecule has 0 spiro atoms. The molecule has 0 amide bonds. The van der Waals surface area contributed by atoms with Gasteiger partial charge in [-0.3, -0.25) is 0 Å². The van der Waals surface area contributed by atoms with E-state index >= 15 is 0 Å². The zero-order valence-electron chi connectivity index (χ0n) is 12.8. The van der Waals surface area contributed by atoms with Gasteiger partial charge in [-0.2, -0.15) is 0 Å². The summed E-state index contributed by atoms with van der Waals surface area (Å²) in [5.41, 5.74) is 2.67. The molecule has 2 fully saturated rings. The summed E-state index contributed by atoms with van der Waals surface area (Å²) in [7, 11) is 1.79. The normalized spacial score (nSPS) is 22.6. The topological polar surface area (TPSA) is 24.5 Å². The molecule has 1 unspecified atom stereocenters. The molecule has 1 N–H and O–H groups in total. The van der Waals surface area contributed by atoms with E-state index in [0.29, 0.717) is 5.92 Å². The van der Waals surface area contributed by atoms with E-state index in [1.54, 1.807) is 7.11 Å². The van der Waals surface area contributed by atoms with Gasteiger partial charge >= 0.3 is 0 Å². The molecule has 1 saturated carbocycles. The predicted molar refractivity (Wildman–Crippen MR) is 88.1 cm³/mol. The van der Waals surface area contributed by atoms with Crippen molar-refractivity contribution in [1.29, 1.82) is 0 Å². The fourth-order valence-corrected chi connectivity index (χ4v) is 3.34. The summed E-state index contributed by atoms with van der Waals surface area (Å²) < 4.78 is 5.34. The van der Waals surface area contributed by atoms with Crippen LogP contribution in [0.5, 0.6) is 0 Å². The number of halogens is 1. The van der Waals surface area contributed by atoms with Gasteiger partial charge in [-0.15, -0.1) is 0 Å². The van der Waals surface area contributed by atoms with Gasteiger partial charge in [0.15, 0.2) is 0 Å². The van der Waals surface area contributed by atoms with Crippen LogP contribution in [0.1, 0.15) is 31.2 Å². The van der Waals surface area contributed by atoms with Crippen molar-refractivity contribution in [2.45, 2.75) is 38.3 Å². The fourth-order valence-electron chi connectivity index (χ4n) is 3.18. The Bertz CT molecular complexity index is 474. The fraction of sp³-hybridized carbons (Fsp3) is 0.647. The maximum absolute atomic E-state index is 6.24. The summed E-state index contributed by atoms with van der Waals surface area (Å²) >= 11 is 6.24. The molecule has 1 aromatic rings. The van der Waals surface area contributed by atoms with Gasteiger partial charge in [0.25, 0.3) is 0 Å². The Morgan fingerprint density at radius 1 is 1.33 bits per heavy atom. The van der Waals surface area contributed by atoms with Crippen LogP contribution in [-0.2, 0) is 11.3 Å². The number of hydrogen-bond donors (Lipinski definition) is 1. The monoisotopic (exact) mass is 308 g/mol. The molecule has 21 heavy (non-hydrogen) atoms. The van der Waals surface area contributed by atoms with Crippen molar-refractivity contribution in [1.82, 2.24) is 5.32 Å². The largest absolute Gasteiger partial charge is 0.384 e. The Kier molecular flexibility index (Phi) is 5.04. The van der Waals surface area contributed by atoms with Crippen LogP contribution in [-0.4, -0.2) is 32.8 Å². The van der Waals surface area contributed by atoms with E-state index < -0.39 is 0 Å². The maximum Gasteiger partial charge on any atom is 0.0507 e. The minimum absolute atomic E-state index is 0.631. The van der Waals surface area contributed by atoms with Crippen molar-refractivity contribution < 1.29 is 4.74 Å². The lowest BCUT2D eigenvalue weighted by Crippen LogP contribution is -2.38. The summed E-state index contributed by atoms with van der Waals surface area (Å²) in [6, 6.07) is 7.04. The molecule has 1 atom stereocenters. The SMILES string of the molecule is COCC1CCCN(c2cc(Cl)ccc2CNC2CC2)C1. The number of ether oxygens (including phenoxy) is 1. The molecular formula is C17H25ClN2O. The third-order valence-electron chi connectivity index (χ3n) is 4.47. The first-order chi connectivity index (χ1) is 10.3. The molecule has 3 rings (SSSR count). The first-order valence-electron chi connectivity index (χ1n) is 8.02.